The summed E-state index contributed by atoms with van der Waals surface area (Å²) in [5, 5.41) is 0. The molecule has 8 bridgehead atoms. The van der Waals surface area contributed by atoms with E-state index in [1.807, 2.05) is 42.6 Å². The fourth-order valence-electron chi connectivity index (χ4n) is 4.36. The number of aryl methyl sites for hydroxylation is 1. The standard InChI is InChI=1S/C28H23N5/c1-2-4-27-25(5-3-12-29-27)26-16-24-15-22-9-8-20(31-22)13-18-6-7-19(30-18)14-21-10-11-23(32-21)17-28(26)33-24/h3,5-17,31,33H,2,4H2,1H3. The second-order valence-corrected chi connectivity index (χ2v) is 8.34. The number of aromatic amines is 2. The van der Waals surface area contributed by atoms with E-state index in [1.54, 1.807) is 0 Å². The molecule has 2 aliphatic heterocycles. The van der Waals surface area contributed by atoms with E-state index in [0.29, 0.717) is 0 Å². The molecule has 5 nitrogen and oxygen atoms in total. The number of aromatic nitrogens is 5. The molecule has 2 N–H and O–H groups in total. The summed E-state index contributed by atoms with van der Waals surface area (Å²) >= 11 is 0. The van der Waals surface area contributed by atoms with E-state index in [9.17, 15) is 0 Å². The first kappa shape index (κ1) is 19.4. The van der Waals surface area contributed by atoms with Gasteiger partial charge in [0, 0.05) is 45.1 Å². The Balaban J connectivity index is 1.66. The van der Waals surface area contributed by atoms with Crippen LogP contribution in [0.25, 0.3) is 57.5 Å². The van der Waals surface area contributed by atoms with E-state index in [2.05, 4.69) is 64.3 Å². The van der Waals surface area contributed by atoms with Crippen molar-refractivity contribution in [1.29, 1.82) is 0 Å². The fourth-order valence-corrected chi connectivity index (χ4v) is 4.36. The maximum atomic E-state index is 4.80. The average Bonchev–Trinajstić information content (AvgIpc) is 3.60. The van der Waals surface area contributed by atoms with Gasteiger partial charge in [0.2, 0.25) is 0 Å². The SMILES string of the molecule is CCCc1ncccc1-c1cc2cc3ccc(cc4nc(cc5nc(cc1[nH]2)C=C5)C=C4)[nH]3. The molecular weight excluding hydrogens is 406 g/mol. The number of hydrogen-bond acceptors (Lipinski definition) is 3. The van der Waals surface area contributed by atoms with Crippen molar-refractivity contribution in [3.8, 4) is 11.1 Å². The van der Waals surface area contributed by atoms with Crippen LogP contribution in [0.5, 0.6) is 0 Å². The minimum Gasteiger partial charge on any atom is -0.355 e. The van der Waals surface area contributed by atoms with Crippen molar-refractivity contribution in [2.45, 2.75) is 19.8 Å². The van der Waals surface area contributed by atoms with Crippen LogP contribution in [0.2, 0.25) is 0 Å². The molecule has 0 amide bonds. The van der Waals surface area contributed by atoms with Crippen molar-refractivity contribution >= 4 is 46.4 Å². The zero-order chi connectivity index (χ0) is 22.2. The van der Waals surface area contributed by atoms with Crippen LogP contribution in [-0.2, 0) is 6.42 Å². The van der Waals surface area contributed by atoms with Gasteiger partial charge in [0.25, 0.3) is 0 Å². The van der Waals surface area contributed by atoms with Gasteiger partial charge < -0.3 is 9.97 Å². The Bertz CT molecular complexity index is 1580. The summed E-state index contributed by atoms with van der Waals surface area (Å²) in [5.41, 5.74) is 11.1. The van der Waals surface area contributed by atoms with Gasteiger partial charge in [-0.3, -0.25) is 4.98 Å². The van der Waals surface area contributed by atoms with E-state index in [-0.39, 0.29) is 0 Å². The molecule has 4 aromatic heterocycles. The topological polar surface area (TPSA) is 70.2 Å². The fraction of sp³-hybridized carbons (Fsp3) is 0.107. The van der Waals surface area contributed by atoms with E-state index < -0.39 is 0 Å². The Morgan fingerprint density at radius 1 is 0.667 bits per heavy atom. The van der Waals surface area contributed by atoms with Crippen LogP contribution in [0.4, 0.5) is 0 Å². The lowest BCUT2D eigenvalue weighted by molar-refractivity contribution is 0.885. The predicted molar refractivity (Wildman–Crippen MR) is 136 cm³/mol. The van der Waals surface area contributed by atoms with Crippen LogP contribution < -0.4 is 0 Å². The van der Waals surface area contributed by atoms with E-state index in [4.69, 9.17) is 9.97 Å². The molecule has 6 heterocycles. The Hall–Kier alpha value is -4.25. The number of nitrogens with one attached hydrogen (secondary N) is 2. The second-order valence-electron chi connectivity index (χ2n) is 8.34. The summed E-state index contributed by atoms with van der Waals surface area (Å²) < 4.78 is 0. The van der Waals surface area contributed by atoms with Gasteiger partial charge in [-0.2, -0.15) is 0 Å². The Morgan fingerprint density at radius 3 is 2.12 bits per heavy atom. The molecule has 4 aromatic rings. The highest BCUT2D eigenvalue weighted by Crippen LogP contribution is 2.30. The van der Waals surface area contributed by atoms with E-state index >= 15 is 0 Å². The molecule has 33 heavy (non-hydrogen) atoms. The van der Waals surface area contributed by atoms with Gasteiger partial charge in [0.05, 0.1) is 22.8 Å². The van der Waals surface area contributed by atoms with Crippen LogP contribution in [0.3, 0.4) is 0 Å². The average molecular weight is 430 g/mol. The van der Waals surface area contributed by atoms with Crippen LogP contribution in [-0.4, -0.2) is 24.9 Å². The Kier molecular flexibility index (Phi) is 4.73. The van der Waals surface area contributed by atoms with Crippen molar-refractivity contribution < 1.29 is 0 Å². The van der Waals surface area contributed by atoms with Crippen molar-refractivity contribution in [3.63, 3.8) is 0 Å². The molecular formula is C28H23N5. The first-order valence-electron chi connectivity index (χ1n) is 11.3. The van der Waals surface area contributed by atoms with Gasteiger partial charge in [-0.1, -0.05) is 19.4 Å². The summed E-state index contributed by atoms with van der Waals surface area (Å²) in [6.45, 7) is 2.19. The third-order valence-electron chi connectivity index (χ3n) is 5.84. The van der Waals surface area contributed by atoms with Gasteiger partial charge >= 0.3 is 0 Å². The van der Waals surface area contributed by atoms with Crippen LogP contribution in [0.1, 0.15) is 41.8 Å². The zero-order valence-corrected chi connectivity index (χ0v) is 18.3. The second kappa shape index (κ2) is 8.02. The van der Waals surface area contributed by atoms with E-state index in [1.165, 1.54) is 0 Å². The lowest BCUT2D eigenvalue weighted by atomic mass is 10.0. The minimum atomic E-state index is 0.896. The highest BCUT2D eigenvalue weighted by molar-refractivity contribution is 5.88. The summed E-state index contributed by atoms with van der Waals surface area (Å²) in [6, 6.07) is 18.8. The molecule has 0 aliphatic carbocycles. The lowest BCUT2D eigenvalue weighted by Gasteiger charge is -2.06. The summed E-state index contributed by atoms with van der Waals surface area (Å²) in [6.07, 6.45) is 12.0. The first-order chi connectivity index (χ1) is 16.2. The number of pyridine rings is 1. The molecule has 2 aliphatic rings. The number of fused-ring (bicyclic) bond motifs is 8. The molecule has 0 atom stereocenters. The smallest absolute Gasteiger partial charge is 0.0659 e. The molecule has 5 heteroatoms. The number of H-pyrrole nitrogens is 2. The minimum absolute atomic E-state index is 0.896. The van der Waals surface area contributed by atoms with Crippen LogP contribution >= 0.6 is 0 Å². The molecule has 0 saturated heterocycles. The third kappa shape index (κ3) is 3.89. The Labute approximate surface area is 191 Å². The molecule has 0 spiro atoms. The van der Waals surface area contributed by atoms with Gasteiger partial charge in [0.15, 0.2) is 0 Å². The van der Waals surface area contributed by atoms with Crippen LogP contribution in [0.15, 0.2) is 60.8 Å². The van der Waals surface area contributed by atoms with Crippen molar-refractivity contribution in [2.24, 2.45) is 0 Å². The molecule has 0 unspecified atom stereocenters. The highest BCUT2D eigenvalue weighted by atomic mass is 14.8. The maximum absolute atomic E-state index is 4.80. The first-order valence-corrected chi connectivity index (χ1v) is 11.3. The maximum Gasteiger partial charge on any atom is 0.0659 e. The largest absolute Gasteiger partial charge is 0.355 e. The summed E-state index contributed by atoms with van der Waals surface area (Å²) in [5.74, 6) is 0. The quantitative estimate of drug-likeness (QED) is 0.330. The number of nitrogens with zero attached hydrogens (tertiary/aromatic N) is 3. The van der Waals surface area contributed by atoms with Crippen LogP contribution in [0, 0.1) is 0 Å². The highest BCUT2D eigenvalue weighted by Gasteiger charge is 2.11. The van der Waals surface area contributed by atoms with E-state index in [0.717, 1.165) is 74.5 Å². The molecule has 0 saturated carbocycles. The summed E-state index contributed by atoms with van der Waals surface area (Å²) in [7, 11) is 0. The van der Waals surface area contributed by atoms with Gasteiger partial charge in [-0.05, 0) is 79.3 Å². The lowest BCUT2D eigenvalue weighted by Crippen LogP contribution is -1.92. The molecule has 0 fully saturated rings. The van der Waals surface area contributed by atoms with Crippen molar-refractivity contribution in [3.05, 3.63) is 89.3 Å². The van der Waals surface area contributed by atoms with Gasteiger partial charge in [-0.25, -0.2) is 9.97 Å². The summed E-state index contributed by atoms with van der Waals surface area (Å²) in [4.78, 5) is 21.2. The van der Waals surface area contributed by atoms with Crippen molar-refractivity contribution in [1.82, 2.24) is 24.9 Å². The molecule has 0 aromatic carbocycles. The molecule has 0 radical (unpaired) electrons. The van der Waals surface area contributed by atoms with Gasteiger partial charge in [0.1, 0.15) is 0 Å². The van der Waals surface area contributed by atoms with Gasteiger partial charge in [-0.15, -0.1) is 0 Å². The monoisotopic (exact) mass is 429 g/mol. The normalized spacial score (nSPS) is 12.4. The number of rotatable bonds is 3. The van der Waals surface area contributed by atoms with Crippen molar-refractivity contribution in [2.75, 3.05) is 0 Å². The number of hydrogen-bond donors (Lipinski definition) is 2. The Morgan fingerprint density at radius 2 is 1.36 bits per heavy atom. The zero-order valence-electron chi connectivity index (χ0n) is 18.3. The molecule has 6 rings (SSSR count). The third-order valence-corrected chi connectivity index (χ3v) is 5.84. The molecule has 160 valence electrons. The predicted octanol–water partition coefficient (Wildman–Crippen LogP) is 6.67.